The number of pyridine rings is 3. The lowest BCUT2D eigenvalue weighted by molar-refractivity contribution is 0.122. The molecule has 1 fully saturated rings. The van der Waals surface area contributed by atoms with E-state index in [1.807, 2.05) is 26.0 Å². The molecule has 1 N–H and O–H groups in total. The summed E-state index contributed by atoms with van der Waals surface area (Å²) >= 11 is 0. The van der Waals surface area contributed by atoms with Crippen molar-refractivity contribution in [1.82, 2.24) is 15.0 Å². The zero-order valence-corrected chi connectivity index (χ0v) is 18.4. The van der Waals surface area contributed by atoms with Crippen LogP contribution in [0.15, 0.2) is 49.1 Å². The number of ether oxygens (including phenoxy) is 1. The number of fused-ring (bicyclic) bond motifs is 1. The molecule has 0 radical (unpaired) electrons. The zero-order valence-electron chi connectivity index (χ0n) is 18.4. The molecule has 5 rings (SSSR count). The Bertz CT molecular complexity index is 1340. The first-order chi connectivity index (χ1) is 16.0. The second-order valence-electron chi connectivity index (χ2n) is 8.15. The van der Waals surface area contributed by atoms with Crippen LogP contribution in [-0.4, -0.2) is 41.3 Å². The van der Waals surface area contributed by atoms with Gasteiger partial charge in [-0.2, -0.15) is 0 Å². The lowest BCUT2D eigenvalue weighted by Crippen LogP contribution is -2.36. The molecular weight excluding hydrogens is 424 g/mol. The van der Waals surface area contributed by atoms with Crippen LogP contribution >= 0.6 is 0 Å². The lowest BCUT2D eigenvalue weighted by Gasteiger charge is -2.28. The van der Waals surface area contributed by atoms with E-state index < -0.39 is 11.6 Å². The van der Waals surface area contributed by atoms with E-state index in [1.165, 1.54) is 6.07 Å². The number of nitrogens with zero attached hydrogens (tertiary/aromatic N) is 4. The van der Waals surface area contributed by atoms with E-state index in [2.05, 4.69) is 25.2 Å². The summed E-state index contributed by atoms with van der Waals surface area (Å²) in [5.41, 5.74) is 5.50. The molecule has 1 saturated heterocycles. The highest BCUT2D eigenvalue weighted by molar-refractivity contribution is 5.98. The maximum absolute atomic E-state index is 15.0. The van der Waals surface area contributed by atoms with Gasteiger partial charge in [-0.1, -0.05) is 0 Å². The third-order valence-electron chi connectivity index (χ3n) is 5.76. The van der Waals surface area contributed by atoms with Crippen LogP contribution in [0.3, 0.4) is 0 Å². The average molecular weight is 447 g/mol. The Balaban J connectivity index is 1.65. The third-order valence-corrected chi connectivity index (χ3v) is 5.76. The number of rotatable bonds is 4. The van der Waals surface area contributed by atoms with Gasteiger partial charge in [0, 0.05) is 43.2 Å². The van der Waals surface area contributed by atoms with E-state index in [0.29, 0.717) is 30.3 Å². The molecule has 3 aromatic heterocycles. The minimum atomic E-state index is -0.674. The summed E-state index contributed by atoms with van der Waals surface area (Å²) in [6, 6.07) is 6.05. The van der Waals surface area contributed by atoms with Crippen LogP contribution in [0.1, 0.15) is 11.1 Å². The molecule has 6 nitrogen and oxygen atoms in total. The van der Waals surface area contributed by atoms with Crippen molar-refractivity contribution in [2.45, 2.75) is 13.8 Å². The van der Waals surface area contributed by atoms with Gasteiger partial charge in [-0.25, -0.2) is 13.8 Å². The van der Waals surface area contributed by atoms with E-state index in [0.717, 1.165) is 41.5 Å². The maximum Gasteiger partial charge on any atom is 0.137 e. The highest BCUT2D eigenvalue weighted by Gasteiger charge is 2.19. The van der Waals surface area contributed by atoms with Gasteiger partial charge in [0.05, 0.1) is 59.3 Å². The quantitative estimate of drug-likeness (QED) is 0.466. The predicted molar refractivity (Wildman–Crippen MR) is 125 cm³/mol. The van der Waals surface area contributed by atoms with Gasteiger partial charge in [0.2, 0.25) is 0 Å². The fourth-order valence-corrected chi connectivity index (χ4v) is 4.16. The van der Waals surface area contributed by atoms with Gasteiger partial charge >= 0.3 is 0 Å². The van der Waals surface area contributed by atoms with E-state index in [-0.39, 0.29) is 10.9 Å². The van der Waals surface area contributed by atoms with Crippen molar-refractivity contribution in [3.8, 4) is 11.3 Å². The summed E-state index contributed by atoms with van der Waals surface area (Å²) in [5.74, 6) is -1.35. The number of morpholine rings is 1. The second-order valence-corrected chi connectivity index (χ2v) is 8.15. The molecule has 0 saturated carbocycles. The molecule has 0 bridgehead atoms. The van der Waals surface area contributed by atoms with Crippen molar-refractivity contribution < 1.29 is 13.5 Å². The van der Waals surface area contributed by atoms with Crippen molar-refractivity contribution in [2.75, 3.05) is 36.5 Å². The van der Waals surface area contributed by atoms with Crippen molar-refractivity contribution in [3.63, 3.8) is 0 Å². The summed E-state index contributed by atoms with van der Waals surface area (Å²) in [6.07, 6.45) is 6.94. The molecule has 4 aromatic rings. The first kappa shape index (κ1) is 21.2. The summed E-state index contributed by atoms with van der Waals surface area (Å²) in [5, 5.41) is 3.57. The molecule has 0 aliphatic carbocycles. The minimum Gasteiger partial charge on any atom is -0.378 e. The number of benzene rings is 1. The molecule has 33 heavy (non-hydrogen) atoms. The van der Waals surface area contributed by atoms with Crippen LogP contribution in [0.25, 0.3) is 22.2 Å². The van der Waals surface area contributed by atoms with Crippen LogP contribution in [0, 0.1) is 25.5 Å². The molecule has 1 aliphatic heterocycles. The first-order valence-corrected chi connectivity index (χ1v) is 10.8. The minimum absolute atomic E-state index is 0.231. The number of aromatic nitrogens is 3. The van der Waals surface area contributed by atoms with Gasteiger partial charge in [-0.3, -0.25) is 9.97 Å². The predicted octanol–water partition coefficient (Wildman–Crippen LogP) is 5.17. The Kier molecular flexibility index (Phi) is 5.60. The molecule has 168 valence electrons. The molecule has 8 heteroatoms. The summed E-state index contributed by atoms with van der Waals surface area (Å²) < 4.78 is 34.5. The third kappa shape index (κ3) is 4.21. The number of anilines is 3. The highest BCUT2D eigenvalue weighted by Crippen LogP contribution is 2.37. The van der Waals surface area contributed by atoms with Gasteiger partial charge in [0.1, 0.15) is 11.6 Å². The van der Waals surface area contributed by atoms with Crippen LogP contribution in [0.4, 0.5) is 25.8 Å². The molecule has 1 aromatic carbocycles. The molecule has 4 heterocycles. The first-order valence-electron chi connectivity index (χ1n) is 10.8. The molecule has 0 atom stereocenters. The Labute approximate surface area is 190 Å². The smallest absolute Gasteiger partial charge is 0.137 e. The van der Waals surface area contributed by atoms with E-state index >= 15 is 0 Å². The van der Waals surface area contributed by atoms with Crippen LogP contribution in [0.2, 0.25) is 0 Å². The Morgan fingerprint density at radius 1 is 0.939 bits per heavy atom. The van der Waals surface area contributed by atoms with E-state index in [4.69, 9.17) is 4.74 Å². The number of hydrogen-bond donors (Lipinski definition) is 1. The van der Waals surface area contributed by atoms with Crippen molar-refractivity contribution >= 4 is 28.0 Å². The van der Waals surface area contributed by atoms with Crippen LogP contribution < -0.4 is 10.2 Å². The topological polar surface area (TPSA) is 63.2 Å². The zero-order chi connectivity index (χ0) is 22.9. The largest absolute Gasteiger partial charge is 0.378 e. The summed E-state index contributed by atoms with van der Waals surface area (Å²) in [4.78, 5) is 15.4. The number of aryl methyl sites for hydroxylation is 1. The van der Waals surface area contributed by atoms with Crippen molar-refractivity contribution in [1.29, 1.82) is 0 Å². The average Bonchev–Trinajstić information content (AvgIpc) is 2.81. The van der Waals surface area contributed by atoms with Gasteiger partial charge in [-0.15, -0.1) is 0 Å². The molecule has 0 unspecified atom stereocenters. The molecular formula is C25H23F2N5O. The number of nitrogens with one attached hydrogen (secondary N) is 1. The number of hydrogen-bond acceptors (Lipinski definition) is 6. The Hall–Kier alpha value is -3.65. The lowest BCUT2D eigenvalue weighted by atomic mass is 10.0. The van der Waals surface area contributed by atoms with Crippen LogP contribution in [0.5, 0.6) is 0 Å². The monoisotopic (exact) mass is 447 g/mol. The van der Waals surface area contributed by atoms with Gasteiger partial charge in [-0.05, 0) is 37.1 Å². The van der Waals surface area contributed by atoms with Gasteiger partial charge in [0.25, 0.3) is 0 Å². The molecule has 1 aliphatic rings. The standard InChI is InChI=1S/C25H23F2N5O/c1-15-7-17(12-28-11-15)24-16(2)25(23-21(27)8-18(26)9-22(23)31-24)30-19-10-20(14-29-13-19)32-3-5-33-6-4-32/h7-14H,3-6H2,1-2H3,(H,30,31). The SMILES string of the molecule is Cc1cncc(-c2nc3cc(F)cc(F)c3c(Nc3cncc(N4CCOCC4)c3)c2C)c1. The van der Waals surface area contributed by atoms with E-state index in [1.54, 1.807) is 24.8 Å². The Morgan fingerprint density at radius 2 is 1.73 bits per heavy atom. The highest BCUT2D eigenvalue weighted by atomic mass is 19.1. The fourth-order valence-electron chi connectivity index (χ4n) is 4.16. The van der Waals surface area contributed by atoms with E-state index in [9.17, 15) is 8.78 Å². The normalized spacial score (nSPS) is 14.0. The van der Waals surface area contributed by atoms with Crippen LogP contribution in [-0.2, 0) is 4.74 Å². The summed E-state index contributed by atoms with van der Waals surface area (Å²) in [7, 11) is 0. The van der Waals surface area contributed by atoms with Gasteiger partial charge < -0.3 is 15.0 Å². The fraction of sp³-hybridized carbons (Fsp3) is 0.240. The molecule has 0 spiro atoms. The van der Waals surface area contributed by atoms with Crippen molar-refractivity contribution in [2.24, 2.45) is 0 Å². The maximum atomic E-state index is 15.0. The van der Waals surface area contributed by atoms with Gasteiger partial charge in [0.15, 0.2) is 0 Å². The molecule has 0 amide bonds. The van der Waals surface area contributed by atoms with Crippen molar-refractivity contribution in [3.05, 3.63) is 71.8 Å². The Morgan fingerprint density at radius 3 is 2.52 bits per heavy atom. The summed E-state index contributed by atoms with van der Waals surface area (Å²) in [6.45, 7) is 6.69. The second kappa shape index (κ2) is 8.71. The number of halogens is 2.